The van der Waals surface area contributed by atoms with Crippen molar-refractivity contribution in [2.24, 2.45) is 11.8 Å². The van der Waals surface area contributed by atoms with Gasteiger partial charge in [0.1, 0.15) is 5.75 Å². The van der Waals surface area contributed by atoms with Gasteiger partial charge in [-0.15, -0.1) is 13.2 Å². The molecule has 0 bridgehead atoms. The Hall–Kier alpha value is -2.33. The molecule has 0 saturated carbocycles. The van der Waals surface area contributed by atoms with E-state index in [9.17, 15) is 18.1 Å². The molecule has 26 heavy (non-hydrogen) atoms. The Morgan fingerprint density at radius 1 is 1.27 bits per heavy atom. The van der Waals surface area contributed by atoms with Crippen molar-refractivity contribution < 1.29 is 31.9 Å². The molecule has 0 spiro atoms. The second kappa shape index (κ2) is 6.44. The lowest BCUT2D eigenvalue weighted by atomic mass is 10.0. The summed E-state index contributed by atoms with van der Waals surface area (Å²) in [6, 6.07) is 5.27. The third-order valence-corrected chi connectivity index (χ3v) is 4.76. The minimum atomic E-state index is -4.80. The number of benzene rings is 1. The van der Waals surface area contributed by atoms with E-state index in [1.54, 1.807) is 0 Å². The fourth-order valence-corrected chi connectivity index (χ4v) is 3.67. The van der Waals surface area contributed by atoms with Gasteiger partial charge in [-0.25, -0.2) is 0 Å². The largest absolute Gasteiger partial charge is 0.573 e. The highest BCUT2D eigenvalue weighted by atomic mass is 19.4. The summed E-state index contributed by atoms with van der Waals surface area (Å²) in [7, 11) is 0. The monoisotopic (exact) mass is 372 g/mol. The number of nitrogens with one attached hydrogen (secondary N) is 1. The first-order chi connectivity index (χ1) is 12.4. The van der Waals surface area contributed by atoms with Gasteiger partial charge in [0.2, 0.25) is 5.69 Å². The zero-order valence-corrected chi connectivity index (χ0v) is 13.7. The van der Waals surface area contributed by atoms with Gasteiger partial charge < -0.3 is 9.47 Å². The van der Waals surface area contributed by atoms with Crippen molar-refractivity contribution in [2.75, 3.05) is 26.3 Å². The number of halogens is 3. The topological polar surface area (TPSA) is 73.6 Å². The maximum Gasteiger partial charge on any atom is 0.573 e. The molecule has 1 N–H and O–H groups in total. The van der Waals surface area contributed by atoms with Crippen LogP contribution in [0, 0.1) is 16.7 Å². The number of aromatic nitrogens is 2. The lowest BCUT2D eigenvalue weighted by Crippen LogP contribution is -2.24. The molecule has 0 amide bonds. The van der Waals surface area contributed by atoms with Gasteiger partial charge in [-0.3, -0.25) is 4.90 Å². The zero-order valence-electron chi connectivity index (χ0n) is 13.7. The molecule has 7 nitrogen and oxygen atoms in total. The molecule has 0 aliphatic carbocycles. The second-order valence-corrected chi connectivity index (χ2v) is 6.60. The smallest absolute Gasteiger partial charge is 0.406 e. The van der Waals surface area contributed by atoms with E-state index >= 15 is 0 Å². The Balaban J connectivity index is 1.57. The van der Waals surface area contributed by atoms with Crippen molar-refractivity contribution in [2.45, 2.75) is 12.9 Å². The Bertz CT molecular complexity index is 836. The summed E-state index contributed by atoms with van der Waals surface area (Å²) in [5.41, 5.74) is 0.931. The Kier molecular flexibility index (Phi) is 4.23. The van der Waals surface area contributed by atoms with Crippen LogP contribution >= 0.6 is 0 Å². The summed E-state index contributed by atoms with van der Waals surface area (Å²) >= 11 is 0. The summed E-state index contributed by atoms with van der Waals surface area (Å²) in [6.45, 7) is 3.60. The van der Waals surface area contributed by atoms with Crippen LogP contribution in [0.5, 0.6) is 5.75 Å². The number of fused-ring (bicyclic) bond motifs is 1. The van der Waals surface area contributed by atoms with Crippen LogP contribution in [0.4, 0.5) is 13.2 Å². The molecule has 2 aliphatic rings. The number of likely N-dealkylation sites (tertiary alicyclic amines) is 1. The summed E-state index contributed by atoms with van der Waals surface area (Å²) in [5, 5.41) is 2.57. The SMILES string of the molecule is O=[n+]1o[nH]c(CN2CC3COC[C@@H]3C2)c1-c1cccc(OC(F)(F)F)c1. The van der Waals surface area contributed by atoms with E-state index < -0.39 is 12.1 Å². The molecule has 1 aromatic heterocycles. The van der Waals surface area contributed by atoms with Crippen molar-refractivity contribution >= 4 is 0 Å². The fraction of sp³-hybridized carbons (Fsp3) is 0.500. The van der Waals surface area contributed by atoms with E-state index in [0.29, 0.717) is 24.1 Å². The average molecular weight is 372 g/mol. The number of hydrogen-bond donors (Lipinski definition) is 1. The number of aromatic amines is 1. The predicted octanol–water partition coefficient (Wildman–Crippen LogP) is 2.17. The van der Waals surface area contributed by atoms with Crippen molar-refractivity contribution in [3.63, 3.8) is 0 Å². The van der Waals surface area contributed by atoms with Crippen LogP contribution in [0.2, 0.25) is 0 Å². The highest BCUT2D eigenvalue weighted by Crippen LogP contribution is 2.32. The van der Waals surface area contributed by atoms with Crippen molar-refractivity contribution in [1.82, 2.24) is 10.1 Å². The van der Waals surface area contributed by atoms with Gasteiger partial charge in [-0.05, 0) is 23.1 Å². The van der Waals surface area contributed by atoms with Crippen LogP contribution in [0.25, 0.3) is 11.3 Å². The quantitative estimate of drug-likeness (QED) is 0.891. The maximum absolute atomic E-state index is 12.4. The molecule has 4 rings (SSSR count). The third kappa shape index (κ3) is 3.47. The highest BCUT2D eigenvalue weighted by molar-refractivity contribution is 5.60. The molecule has 3 heterocycles. The van der Waals surface area contributed by atoms with E-state index in [-0.39, 0.29) is 15.9 Å². The normalized spacial score (nSPS) is 23.3. The number of nitrogens with zero attached hydrogens (tertiary/aromatic N) is 2. The van der Waals surface area contributed by atoms with Crippen molar-refractivity contribution in [3.8, 4) is 17.0 Å². The average Bonchev–Trinajstić information content (AvgIpc) is 3.21. The number of hydrogen-bond acceptors (Lipinski definition) is 5. The Labute approximate surface area is 145 Å². The van der Waals surface area contributed by atoms with E-state index in [1.165, 1.54) is 18.2 Å². The minimum absolute atomic E-state index is 0.144. The molecule has 10 heteroatoms. The van der Waals surface area contributed by atoms with Crippen LogP contribution in [0.15, 0.2) is 28.9 Å². The molecule has 2 fully saturated rings. The first kappa shape index (κ1) is 17.1. The maximum atomic E-state index is 12.4. The summed E-state index contributed by atoms with van der Waals surface area (Å²) in [5.74, 6) is 0.566. The van der Waals surface area contributed by atoms with Gasteiger partial charge >= 0.3 is 6.36 Å². The zero-order chi connectivity index (χ0) is 18.3. The van der Waals surface area contributed by atoms with Gasteiger partial charge in [0.05, 0.1) is 19.8 Å². The molecule has 0 radical (unpaired) electrons. The molecule has 2 atom stereocenters. The molecular formula is C16H17F3N3O4+. The molecular weight excluding hydrogens is 355 g/mol. The molecule has 2 aliphatic heterocycles. The number of ether oxygens (including phenoxy) is 2. The van der Waals surface area contributed by atoms with E-state index in [1.807, 2.05) is 0 Å². The molecule has 2 saturated heterocycles. The summed E-state index contributed by atoms with van der Waals surface area (Å²) in [4.78, 5) is 14.2. The van der Waals surface area contributed by atoms with E-state index in [0.717, 1.165) is 32.4 Å². The second-order valence-electron chi connectivity index (χ2n) is 6.60. The van der Waals surface area contributed by atoms with Crippen LogP contribution in [0.1, 0.15) is 5.69 Å². The van der Waals surface area contributed by atoms with Gasteiger partial charge in [0.25, 0.3) is 5.69 Å². The molecule has 1 unspecified atom stereocenters. The first-order valence-corrected chi connectivity index (χ1v) is 8.19. The van der Waals surface area contributed by atoms with E-state index in [2.05, 4.69) is 14.8 Å². The van der Waals surface area contributed by atoms with Gasteiger partial charge in [0.15, 0.2) is 4.60 Å². The van der Waals surface area contributed by atoms with Gasteiger partial charge in [-0.1, -0.05) is 15.9 Å². The van der Waals surface area contributed by atoms with Crippen LogP contribution in [-0.4, -0.2) is 42.7 Å². The van der Waals surface area contributed by atoms with E-state index in [4.69, 9.17) is 9.37 Å². The number of rotatable bonds is 4. The Morgan fingerprint density at radius 2 is 2.00 bits per heavy atom. The number of H-pyrrole nitrogens is 1. The summed E-state index contributed by atoms with van der Waals surface area (Å²) < 4.78 is 51.7. The van der Waals surface area contributed by atoms with Crippen LogP contribution < -0.4 is 9.34 Å². The highest BCUT2D eigenvalue weighted by Gasteiger charge is 2.38. The Morgan fingerprint density at radius 3 is 2.69 bits per heavy atom. The van der Waals surface area contributed by atoms with Gasteiger partial charge in [-0.2, -0.15) is 0 Å². The minimum Gasteiger partial charge on any atom is -0.406 e. The van der Waals surface area contributed by atoms with Crippen molar-refractivity contribution in [1.29, 1.82) is 0 Å². The van der Waals surface area contributed by atoms with Crippen molar-refractivity contribution in [3.05, 3.63) is 34.9 Å². The third-order valence-electron chi connectivity index (χ3n) is 4.76. The molecule has 140 valence electrons. The van der Waals surface area contributed by atoms with Crippen LogP contribution in [-0.2, 0) is 11.3 Å². The summed E-state index contributed by atoms with van der Waals surface area (Å²) in [6.07, 6.45) is -4.80. The van der Waals surface area contributed by atoms with Gasteiger partial charge in [0, 0.05) is 30.5 Å². The predicted molar refractivity (Wildman–Crippen MR) is 81.6 cm³/mol. The standard InChI is InChI=1S/C16H17F3N3O4/c17-16(18,19)25-13-3-1-2-10(4-13)15-14(20-26-22(15)23)7-21-5-11-8-24-9-12(11)6-21/h1-4,11-12,20H,5-9H2/q+1/t11-,12?/m0/s1. The fourth-order valence-electron chi connectivity index (χ4n) is 3.67. The lowest BCUT2D eigenvalue weighted by molar-refractivity contribution is -0.704. The molecule has 2 aromatic rings. The molecule has 1 aromatic carbocycles. The lowest BCUT2D eigenvalue weighted by Gasteiger charge is -2.14. The first-order valence-electron chi connectivity index (χ1n) is 8.19. The number of alkyl halides is 3. The van der Waals surface area contributed by atoms with Crippen LogP contribution in [0.3, 0.4) is 0 Å².